The summed E-state index contributed by atoms with van der Waals surface area (Å²) in [6, 6.07) is 2.65. The maximum atomic E-state index is 9.70. The van der Waals surface area contributed by atoms with Crippen molar-refractivity contribution in [2.45, 2.75) is 52.5 Å². The fourth-order valence-corrected chi connectivity index (χ4v) is 4.04. The van der Waals surface area contributed by atoms with E-state index < -0.39 is 0 Å². The number of aromatic nitrogens is 3. The van der Waals surface area contributed by atoms with Crippen LogP contribution in [0.4, 0.5) is 0 Å². The first-order valence-corrected chi connectivity index (χ1v) is 7.41. The molecule has 19 heavy (non-hydrogen) atoms. The Bertz CT molecular complexity index is 498. The molecule has 0 N–H and O–H groups in total. The van der Waals surface area contributed by atoms with Crippen LogP contribution in [0.15, 0.2) is 6.33 Å². The largest absolute Gasteiger partial charge is 0.250 e. The van der Waals surface area contributed by atoms with Gasteiger partial charge in [0.05, 0.1) is 11.5 Å². The van der Waals surface area contributed by atoms with E-state index in [2.05, 4.69) is 30.0 Å². The van der Waals surface area contributed by atoms with Crippen LogP contribution in [0.5, 0.6) is 0 Å². The van der Waals surface area contributed by atoms with Gasteiger partial charge in [0.15, 0.2) is 0 Å². The van der Waals surface area contributed by atoms with Gasteiger partial charge in [0.1, 0.15) is 12.2 Å². The first-order valence-electron chi connectivity index (χ1n) is 7.41. The van der Waals surface area contributed by atoms with Crippen molar-refractivity contribution in [1.82, 2.24) is 14.8 Å². The van der Waals surface area contributed by atoms with E-state index in [4.69, 9.17) is 0 Å². The zero-order valence-electron chi connectivity index (χ0n) is 11.8. The fraction of sp³-hybridized carbons (Fsp3) is 0.800. The SMILES string of the molecule is CC(C)Cn1ncnc1CC1(C#N)CC2CCC1C2. The zero-order chi connectivity index (χ0) is 13.5. The van der Waals surface area contributed by atoms with Gasteiger partial charge < -0.3 is 0 Å². The lowest BCUT2D eigenvalue weighted by atomic mass is 9.72. The molecular weight excluding hydrogens is 236 g/mol. The van der Waals surface area contributed by atoms with Crippen LogP contribution in [0.1, 0.15) is 45.4 Å². The molecule has 3 rings (SSSR count). The highest BCUT2D eigenvalue weighted by atomic mass is 15.3. The second-order valence-electron chi connectivity index (χ2n) is 6.78. The molecule has 2 aliphatic rings. The summed E-state index contributed by atoms with van der Waals surface area (Å²) in [5.41, 5.74) is -0.162. The topological polar surface area (TPSA) is 54.5 Å². The number of rotatable bonds is 4. The summed E-state index contributed by atoms with van der Waals surface area (Å²) >= 11 is 0. The quantitative estimate of drug-likeness (QED) is 0.834. The third kappa shape index (κ3) is 2.16. The van der Waals surface area contributed by atoms with Gasteiger partial charge >= 0.3 is 0 Å². The molecule has 1 heterocycles. The third-order valence-electron chi connectivity index (χ3n) is 4.91. The summed E-state index contributed by atoms with van der Waals surface area (Å²) in [6.07, 6.45) is 7.31. The smallest absolute Gasteiger partial charge is 0.138 e. The first kappa shape index (κ1) is 12.7. The summed E-state index contributed by atoms with van der Waals surface area (Å²) in [4.78, 5) is 4.41. The summed E-state index contributed by atoms with van der Waals surface area (Å²) in [5, 5.41) is 14.0. The van der Waals surface area contributed by atoms with E-state index in [9.17, 15) is 5.26 Å². The molecule has 3 atom stereocenters. The zero-order valence-corrected chi connectivity index (χ0v) is 11.8. The van der Waals surface area contributed by atoms with E-state index in [1.807, 2.05) is 4.68 Å². The molecule has 1 aromatic heterocycles. The molecule has 0 saturated heterocycles. The Morgan fingerprint density at radius 1 is 1.53 bits per heavy atom. The van der Waals surface area contributed by atoms with E-state index in [0.717, 1.165) is 31.1 Å². The van der Waals surface area contributed by atoms with Crippen molar-refractivity contribution in [3.05, 3.63) is 12.2 Å². The lowest BCUT2D eigenvalue weighted by Gasteiger charge is -2.30. The molecule has 0 amide bonds. The van der Waals surface area contributed by atoms with Gasteiger partial charge in [-0.2, -0.15) is 10.4 Å². The molecule has 2 bridgehead atoms. The molecule has 2 saturated carbocycles. The standard InChI is InChI=1S/C15H22N4/c1-11(2)8-19-14(17-10-18-19)7-15(9-16)6-12-3-4-13(15)5-12/h10-13H,3-8H2,1-2H3. The highest BCUT2D eigenvalue weighted by molar-refractivity contribution is 5.15. The molecule has 102 valence electrons. The minimum absolute atomic E-state index is 0.162. The predicted octanol–water partition coefficient (Wildman–Crippen LogP) is 2.81. The molecule has 0 aliphatic heterocycles. The van der Waals surface area contributed by atoms with Crippen LogP contribution in [0.2, 0.25) is 0 Å². The van der Waals surface area contributed by atoms with Gasteiger partial charge in [-0.25, -0.2) is 9.67 Å². The van der Waals surface area contributed by atoms with Crippen molar-refractivity contribution in [3.63, 3.8) is 0 Å². The number of hydrogen-bond acceptors (Lipinski definition) is 3. The third-order valence-corrected chi connectivity index (χ3v) is 4.91. The Labute approximate surface area is 114 Å². The minimum atomic E-state index is -0.162. The Morgan fingerprint density at radius 3 is 2.95 bits per heavy atom. The lowest BCUT2D eigenvalue weighted by Crippen LogP contribution is -2.30. The van der Waals surface area contributed by atoms with E-state index in [-0.39, 0.29) is 5.41 Å². The average molecular weight is 258 g/mol. The molecule has 4 nitrogen and oxygen atoms in total. The van der Waals surface area contributed by atoms with Crippen LogP contribution in [-0.4, -0.2) is 14.8 Å². The Balaban J connectivity index is 1.81. The summed E-state index contributed by atoms with van der Waals surface area (Å²) in [7, 11) is 0. The average Bonchev–Trinajstić information content (AvgIpc) is 3.06. The van der Waals surface area contributed by atoms with Gasteiger partial charge in [0.2, 0.25) is 0 Å². The number of nitriles is 1. The molecule has 2 fully saturated rings. The van der Waals surface area contributed by atoms with Crippen molar-refractivity contribution in [1.29, 1.82) is 5.26 Å². The first-order chi connectivity index (χ1) is 9.13. The molecule has 0 radical (unpaired) electrons. The van der Waals surface area contributed by atoms with Gasteiger partial charge in [0, 0.05) is 13.0 Å². The summed E-state index contributed by atoms with van der Waals surface area (Å²) < 4.78 is 2.00. The van der Waals surface area contributed by atoms with Crippen molar-refractivity contribution < 1.29 is 0 Å². The van der Waals surface area contributed by atoms with Crippen molar-refractivity contribution >= 4 is 0 Å². The Hall–Kier alpha value is -1.37. The van der Waals surface area contributed by atoms with Gasteiger partial charge in [-0.3, -0.25) is 0 Å². The van der Waals surface area contributed by atoms with Gasteiger partial charge in [-0.15, -0.1) is 0 Å². The van der Waals surface area contributed by atoms with Gasteiger partial charge in [-0.05, 0) is 37.0 Å². The number of hydrogen-bond donors (Lipinski definition) is 0. The Morgan fingerprint density at radius 2 is 2.37 bits per heavy atom. The second-order valence-corrected chi connectivity index (χ2v) is 6.78. The summed E-state index contributed by atoms with van der Waals surface area (Å²) in [6.45, 7) is 5.26. The number of fused-ring (bicyclic) bond motifs is 2. The van der Waals surface area contributed by atoms with Crippen LogP contribution < -0.4 is 0 Å². The van der Waals surface area contributed by atoms with Crippen LogP contribution in [-0.2, 0) is 13.0 Å². The van der Waals surface area contributed by atoms with Crippen LogP contribution in [0.25, 0.3) is 0 Å². The lowest BCUT2D eigenvalue weighted by molar-refractivity contribution is 0.230. The molecular formula is C15H22N4. The van der Waals surface area contributed by atoms with Crippen LogP contribution >= 0.6 is 0 Å². The van der Waals surface area contributed by atoms with Gasteiger partial charge in [0.25, 0.3) is 0 Å². The fourth-order valence-electron chi connectivity index (χ4n) is 4.04. The number of nitrogens with zero attached hydrogens (tertiary/aromatic N) is 4. The molecule has 0 spiro atoms. The van der Waals surface area contributed by atoms with Crippen molar-refractivity contribution in [2.75, 3.05) is 0 Å². The van der Waals surface area contributed by atoms with Crippen molar-refractivity contribution in [3.8, 4) is 6.07 Å². The Kier molecular flexibility index (Phi) is 3.08. The van der Waals surface area contributed by atoms with E-state index in [1.54, 1.807) is 6.33 Å². The highest BCUT2D eigenvalue weighted by Gasteiger charge is 2.51. The maximum Gasteiger partial charge on any atom is 0.138 e. The molecule has 1 aromatic rings. The summed E-state index contributed by atoms with van der Waals surface area (Å²) in [5.74, 6) is 2.93. The van der Waals surface area contributed by atoms with E-state index in [0.29, 0.717) is 11.8 Å². The molecule has 4 heteroatoms. The molecule has 3 unspecified atom stereocenters. The maximum absolute atomic E-state index is 9.70. The van der Waals surface area contributed by atoms with Gasteiger partial charge in [-0.1, -0.05) is 20.3 Å². The van der Waals surface area contributed by atoms with Crippen LogP contribution in [0.3, 0.4) is 0 Å². The molecule has 2 aliphatic carbocycles. The normalized spacial score (nSPS) is 32.9. The highest BCUT2D eigenvalue weighted by Crippen LogP contribution is 2.56. The molecule has 0 aromatic carbocycles. The second kappa shape index (κ2) is 4.63. The minimum Gasteiger partial charge on any atom is -0.250 e. The van der Waals surface area contributed by atoms with E-state index >= 15 is 0 Å². The predicted molar refractivity (Wildman–Crippen MR) is 72.1 cm³/mol. The monoisotopic (exact) mass is 258 g/mol. The van der Waals surface area contributed by atoms with Crippen molar-refractivity contribution in [2.24, 2.45) is 23.2 Å². The van der Waals surface area contributed by atoms with Crippen LogP contribution in [0, 0.1) is 34.5 Å². The van der Waals surface area contributed by atoms with E-state index in [1.165, 1.54) is 19.3 Å².